The SMILES string of the molecule is C/N=C(/N)S[C@@]1(C(C)=O)C(C)C1c1cc(NC(=O)c2ccc(Cl)cn2)cc(F)c1F. The molecule has 3 atom stereocenters. The van der Waals surface area contributed by atoms with Gasteiger partial charge in [0.05, 0.1) is 9.77 Å². The Morgan fingerprint density at radius 1 is 1.33 bits per heavy atom. The number of amidine groups is 1. The Morgan fingerprint density at radius 3 is 2.60 bits per heavy atom. The van der Waals surface area contributed by atoms with E-state index in [-0.39, 0.29) is 33.8 Å². The molecule has 1 aliphatic rings. The van der Waals surface area contributed by atoms with Crippen LogP contribution < -0.4 is 11.1 Å². The van der Waals surface area contributed by atoms with E-state index in [2.05, 4.69) is 15.3 Å². The first-order chi connectivity index (χ1) is 14.1. The second-order valence-electron chi connectivity index (χ2n) is 6.96. The molecule has 3 N–H and O–H groups in total. The summed E-state index contributed by atoms with van der Waals surface area (Å²) in [5, 5.41) is 3.04. The molecule has 10 heteroatoms. The van der Waals surface area contributed by atoms with Crippen LogP contribution >= 0.6 is 23.4 Å². The number of hydrogen-bond donors (Lipinski definition) is 2. The predicted octanol–water partition coefficient (Wildman–Crippen LogP) is 4.00. The number of nitrogens with zero attached hydrogens (tertiary/aromatic N) is 2. The minimum Gasteiger partial charge on any atom is -0.379 e. The van der Waals surface area contributed by atoms with E-state index in [9.17, 15) is 18.4 Å². The van der Waals surface area contributed by atoms with Gasteiger partial charge in [-0.15, -0.1) is 0 Å². The zero-order chi connectivity index (χ0) is 22.2. The van der Waals surface area contributed by atoms with E-state index in [0.29, 0.717) is 5.02 Å². The molecule has 30 heavy (non-hydrogen) atoms. The zero-order valence-electron chi connectivity index (χ0n) is 16.4. The number of hydrogen-bond acceptors (Lipinski definition) is 5. The van der Waals surface area contributed by atoms with Gasteiger partial charge in [-0.2, -0.15) is 0 Å². The fourth-order valence-electron chi connectivity index (χ4n) is 3.63. The van der Waals surface area contributed by atoms with Gasteiger partial charge in [-0.3, -0.25) is 14.6 Å². The fourth-order valence-corrected chi connectivity index (χ4v) is 5.04. The fraction of sp³-hybridized carbons (Fsp3) is 0.300. The maximum absolute atomic E-state index is 14.7. The third kappa shape index (κ3) is 3.91. The van der Waals surface area contributed by atoms with Crippen molar-refractivity contribution >= 4 is 45.9 Å². The number of benzene rings is 1. The lowest BCUT2D eigenvalue weighted by Gasteiger charge is -2.15. The number of carbonyl (C=O) groups is 2. The Bertz CT molecular complexity index is 1050. The highest BCUT2D eigenvalue weighted by Gasteiger charge is 2.67. The number of anilines is 1. The number of aliphatic imine (C=N–C) groups is 1. The maximum Gasteiger partial charge on any atom is 0.274 e. The van der Waals surface area contributed by atoms with Gasteiger partial charge < -0.3 is 11.1 Å². The van der Waals surface area contributed by atoms with Crippen LogP contribution in [-0.2, 0) is 4.79 Å². The van der Waals surface area contributed by atoms with Crippen LogP contribution in [0.3, 0.4) is 0 Å². The van der Waals surface area contributed by atoms with E-state index < -0.39 is 28.2 Å². The average molecular weight is 453 g/mol. The van der Waals surface area contributed by atoms with E-state index in [1.54, 1.807) is 6.92 Å². The largest absolute Gasteiger partial charge is 0.379 e. The van der Waals surface area contributed by atoms with Crippen molar-refractivity contribution in [2.75, 3.05) is 12.4 Å². The number of rotatable bonds is 5. The number of amides is 1. The summed E-state index contributed by atoms with van der Waals surface area (Å²) in [5.41, 5.74) is 5.90. The van der Waals surface area contributed by atoms with Gasteiger partial charge in [-0.25, -0.2) is 13.8 Å². The Hall–Kier alpha value is -2.52. The van der Waals surface area contributed by atoms with E-state index in [1.165, 1.54) is 38.4 Å². The molecular weight excluding hydrogens is 434 g/mol. The average Bonchev–Trinajstić information content (AvgIpc) is 3.29. The lowest BCUT2D eigenvalue weighted by atomic mass is 10.0. The molecule has 2 unspecified atom stereocenters. The molecule has 3 rings (SSSR count). The molecule has 158 valence electrons. The highest BCUT2D eigenvalue weighted by molar-refractivity contribution is 8.15. The molecule has 0 bridgehead atoms. The molecular formula is C20H19ClF2N4O2S. The second-order valence-corrected chi connectivity index (χ2v) is 8.69. The standard InChI is InChI=1S/C20H19ClF2N4O2S/c1-9-16(20(9,10(2)28)30-19(24)25-3)13-6-12(7-14(22)17(13)23)27-18(29)15-5-4-11(21)8-26-15/h4-9,16H,1-3H3,(H2,24,25)(H,27,29)/t9?,16?,20-/m1/s1. The zero-order valence-corrected chi connectivity index (χ0v) is 17.9. The van der Waals surface area contributed by atoms with Crippen LogP contribution in [0, 0.1) is 17.6 Å². The lowest BCUT2D eigenvalue weighted by molar-refractivity contribution is -0.117. The van der Waals surface area contributed by atoms with E-state index >= 15 is 0 Å². The van der Waals surface area contributed by atoms with Gasteiger partial charge in [-0.05, 0) is 36.6 Å². The van der Waals surface area contributed by atoms with Crippen LogP contribution in [0.25, 0.3) is 0 Å². The van der Waals surface area contributed by atoms with Gasteiger partial charge in [-0.1, -0.05) is 30.3 Å². The minimum atomic E-state index is -1.13. The molecule has 1 aromatic carbocycles. The summed E-state index contributed by atoms with van der Waals surface area (Å²) in [6.07, 6.45) is 1.30. The summed E-state index contributed by atoms with van der Waals surface area (Å²) < 4.78 is 28.0. The molecule has 0 radical (unpaired) electrons. The van der Waals surface area contributed by atoms with Crippen LogP contribution in [0.2, 0.25) is 5.02 Å². The van der Waals surface area contributed by atoms with Gasteiger partial charge >= 0.3 is 0 Å². The minimum absolute atomic E-state index is 0.00605. The van der Waals surface area contributed by atoms with E-state index in [0.717, 1.165) is 17.8 Å². The Balaban J connectivity index is 1.95. The molecule has 1 aliphatic carbocycles. The molecule has 6 nitrogen and oxygen atoms in total. The summed E-state index contributed by atoms with van der Waals surface area (Å²) in [6, 6.07) is 5.11. The maximum atomic E-state index is 14.7. The van der Waals surface area contributed by atoms with Gasteiger partial charge in [0.1, 0.15) is 11.5 Å². The van der Waals surface area contributed by atoms with Crippen LogP contribution in [0.5, 0.6) is 0 Å². The monoisotopic (exact) mass is 452 g/mol. The van der Waals surface area contributed by atoms with Crippen LogP contribution in [0.15, 0.2) is 35.5 Å². The summed E-state index contributed by atoms with van der Waals surface area (Å²) >= 11 is 6.80. The highest BCUT2D eigenvalue weighted by Crippen LogP contribution is 2.66. The number of Topliss-reactive ketones (excluding diaryl/α,β-unsaturated/α-hetero) is 1. The van der Waals surface area contributed by atoms with E-state index in [4.69, 9.17) is 17.3 Å². The highest BCUT2D eigenvalue weighted by atomic mass is 35.5. The van der Waals surface area contributed by atoms with Gasteiger partial charge in [0, 0.05) is 30.9 Å². The molecule has 1 heterocycles. The third-order valence-electron chi connectivity index (χ3n) is 5.18. The number of nitrogens with one attached hydrogen (secondary N) is 1. The van der Waals surface area contributed by atoms with Gasteiger partial charge in [0.2, 0.25) is 0 Å². The van der Waals surface area contributed by atoms with Crippen molar-refractivity contribution in [2.45, 2.75) is 24.5 Å². The first kappa shape index (κ1) is 22.2. The third-order valence-corrected chi connectivity index (χ3v) is 7.05. The summed E-state index contributed by atoms with van der Waals surface area (Å²) in [6.45, 7) is 3.15. The predicted molar refractivity (Wildman–Crippen MR) is 114 cm³/mol. The number of carbonyl (C=O) groups excluding carboxylic acids is 2. The molecule has 0 aliphatic heterocycles. The van der Waals surface area contributed by atoms with Crippen molar-refractivity contribution in [2.24, 2.45) is 16.6 Å². The van der Waals surface area contributed by atoms with Crippen LogP contribution in [0.4, 0.5) is 14.5 Å². The molecule has 0 spiro atoms. The van der Waals surface area contributed by atoms with Gasteiger partial charge in [0.15, 0.2) is 16.8 Å². The van der Waals surface area contributed by atoms with Crippen molar-refractivity contribution in [1.82, 2.24) is 4.98 Å². The number of ketones is 1. The van der Waals surface area contributed by atoms with Crippen LogP contribution in [0.1, 0.15) is 35.8 Å². The summed E-state index contributed by atoms with van der Waals surface area (Å²) in [4.78, 5) is 32.5. The molecule has 1 saturated carbocycles. The second kappa shape index (κ2) is 8.31. The first-order valence-electron chi connectivity index (χ1n) is 8.96. The Morgan fingerprint density at radius 2 is 2.03 bits per heavy atom. The summed E-state index contributed by atoms with van der Waals surface area (Å²) in [7, 11) is 1.49. The van der Waals surface area contributed by atoms with Crippen molar-refractivity contribution in [3.63, 3.8) is 0 Å². The van der Waals surface area contributed by atoms with Crippen molar-refractivity contribution in [3.8, 4) is 0 Å². The Kier molecular flexibility index (Phi) is 6.14. The molecule has 2 aromatic rings. The van der Waals surface area contributed by atoms with Crippen LogP contribution in [-0.4, -0.2) is 33.6 Å². The lowest BCUT2D eigenvalue weighted by Crippen LogP contribution is -2.25. The van der Waals surface area contributed by atoms with Crippen molar-refractivity contribution in [1.29, 1.82) is 0 Å². The number of halogens is 3. The molecule has 1 fully saturated rings. The number of pyridine rings is 1. The van der Waals surface area contributed by atoms with E-state index in [1.807, 2.05) is 0 Å². The Labute approximate surface area is 181 Å². The number of thioether (sulfide) groups is 1. The topological polar surface area (TPSA) is 97.4 Å². The molecule has 0 saturated heterocycles. The van der Waals surface area contributed by atoms with Crippen molar-refractivity contribution < 1.29 is 18.4 Å². The number of aromatic nitrogens is 1. The van der Waals surface area contributed by atoms with Gasteiger partial charge in [0.25, 0.3) is 5.91 Å². The normalized spacial score (nSPS) is 23.2. The molecule has 1 aromatic heterocycles. The quantitative estimate of drug-likeness (QED) is 0.527. The molecule has 1 amide bonds. The number of nitrogens with two attached hydrogens (primary N) is 1. The van der Waals surface area contributed by atoms with Crippen molar-refractivity contribution in [3.05, 3.63) is 58.4 Å². The smallest absolute Gasteiger partial charge is 0.274 e. The first-order valence-corrected chi connectivity index (χ1v) is 10.1. The summed E-state index contributed by atoms with van der Waals surface area (Å²) in [5.74, 6) is -3.95.